The first kappa shape index (κ1) is 15.3. The summed E-state index contributed by atoms with van der Waals surface area (Å²) in [6, 6.07) is 0. The van der Waals surface area contributed by atoms with Crippen LogP contribution in [-0.4, -0.2) is 33.2 Å². The zero-order valence-electron chi connectivity index (χ0n) is 9.44. The van der Waals surface area contributed by atoms with E-state index in [-0.39, 0.29) is 18.2 Å². The highest BCUT2D eigenvalue weighted by Crippen LogP contribution is 2.01. The number of carbonyl (C=O) groups is 1. The minimum Gasteiger partial charge on any atom is -0.355 e. The quantitative estimate of drug-likeness (QED) is 0.470. The Bertz CT molecular complexity index is 290. The van der Waals surface area contributed by atoms with Crippen molar-refractivity contribution in [2.45, 2.75) is 32.1 Å². The average Bonchev–Trinajstić information content (AvgIpc) is 2.15. The molecule has 0 bridgehead atoms. The number of sulfonamides is 1. The van der Waals surface area contributed by atoms with Crippen LogP contribution in [0.25, 0.3) is 0 Å². The number of unbranched alkanes of at least 4 members (excludes halogenated alkanes) is 3. The molecular weight excluding hydrogens is 230 g/mol. The van der Waals surface area contributed by atoms with E-state index in [0.29, 0.717) is 13.0 Å². The Morgan fingerprint density at radius 2 is 1.75 bits per heavy atom. The van der Waals surface area contributed by atoms with Crippen LogP contribution >= 0.6 is 0 Å². The number of hydrogen-bond donors (Lipinski definition) is 3. The van der Waals surface area contributed by atoms with E-state index in [9.17, 15) is 13.2 Å². The molecule has 0 aromatic heterocycles. The largest absolute Gasteiger partial charge is 0.355 e. The second-order valence-corrected chi connectivity index (χ2v) is 5.40. The van der Waals surface area contributed by atoms with Gasteiger partial charge in [-0.3, -0.25) is 4.79 Å². The van der Waals surface area contributed by atoms with Crippen LogP contribution in [0.1, 0.15) is 32.1 Å². The summed E-state index contributed by atoms with van der Waals surface area (Å²) >= 11 is 0. The number of carbonyl (C=O) groups excluding carboxylic acids is 1. The molecule has 0 aliphatic rings. The zero-order chi connectivity index (χ0) is 12.4. The van der Waals surface area contributed by atoms with E-state index in [1.165, 1.54) is 0 Å². The maximum atomic E-state index is 11.2. The van der Waals surface area contributed by atoms with E-state index in [1.54, 1.807) is 0 Å². The van der Waals surface area contributed by atoms with Gasteiger partial charge in [-0.2, -0.15) is 0 Å². The Hall–Kier alpha value is -0.660. The first-order valence-electron chi connectivity index (χ1n) is 5.43. The van der Waals surface area contributed by atoms with Crippen molar-refractivity contribution in [2.24, 2.45) is 10.9 Å². The van der Waals surface area contributed by atoms with E-state index in [1.807, 2.05) is 0 Å². The number of amides is 1. The molecule has 0 saturated carbocycles. The molecule has 0 atom stereocenters. The molecule has 0 heterocycles. The second-order valence-electron chi connectivity index (χ2n) is 3.67. The Morgan fingerprint density at radius 1 is 1.12 bits per heavy atom. The number of nitrogens with one attached hydrogen (secondary N) is 1. The molecule has 6 nitrogen and oxygen atoms in total. The number of nitrogens with two attached hydrogens (primary N) is 2. The molecule has 96 valence electrons. The van der Waals surface area contributed by atoms with Crippen LogP contribution in [0.3, 0.4) is 0 Å². The summed E-state index contributed by atoms with van der Waals surface area (Å²) in [5.41, 5.74) is 5.33. The zero-order valence-corrected chi connectivity index (χ0v) is 10.3. The third-order valence-electron chi connectivity index (χ3n) is 2.07. The molecule has 0 spiro atoms. The Balaban J connectivity index is 3.38. The van der Waals surface area contributed by atoms with Crippen LogP contribution in [0.5, 0.6) is 0 Å². The minimum absolute atomic E-state index is 0.0838. The SMILES string of the molecule is NCCCCCCC(=O)NCCS(N)(=O)=O. The smallest absolute Gasteiger partial charge is 0.220 e. The molecular formula is C9H21N3O3S. The first-order chi connectivity index (χ1) is 7.45. The van der Waals surface area contributed by atoms with Gasteiger partial charge in [-0.1, -0.05) is 12.8 Å². The van der Waals surface area contributed by atoms with Crippen LogP contribution in [0.4, 0.5) is 0 Å². The molecule has 0 aliphatic carbocycles. The second kappa shape index (κ2) is 8.49. The van der Waals surface area contributed by atoms with Gasteiger partial charge in [0.05, 0.1) is 5.75 Å². The van der Waals surface area contributed by atoms with E-state index < -0.39 is 10.0 Å². The minimum atomic E-state index is -3.48. The van der Waals surface area contributed by atoms with Crippen molar-refractivity contribution in [1.82, 2.24) is 5.32 Å². The summed E-state index contributed by atoms with van der Waals surface area (Å²) in [6.07, 6.45) is 4.21. The van der Waals surface area contributed by atoms with Crippen molar-refractivity contribution < 1.29 is 13.2 Å². The van der Waals surface area contributed by atoms with Gasteiger partial charge in [0.15, 0.2) is 0 Å². The Morgan fingerprint density at radius 3 is 2.31 bits per heavy atom. The van der Waals surface area contributed by atoms with Crippen LogP contribution in [0.15, 0.2) is 0 Å². The molecule has 5 N–H and O–H groups in total. The van der Waals surface area contributed by atoms with Crippen LogP contribution in [0.2, 0.25) is 0 Å². The Labute approximate surface area is 96.8 Å². The molecule has 0 fully saturated rings. The van der Waals surface area contributed by atoms with Gasteiger partial charge in [0.1, 0.15) is 0 Å². The maximum absolute atomic E-state index is 11.2. The van der Waals surface area contributed by atoms with E-state index >= 15 is 0 Å². The first-order valence-corrected chi connectivity index (χ1v) is 7.14. The molecule has 0 radical (unpaired) electrons. The van der Waals surface area contributed by atoms with Gasteiger partial charge in [-0.05, 0) is 19.4 Å². The lowest BCUT2D eigenvalue weighted by Gasteiger charge is -2.03. The predicted octanol–water partition coefficient (Wildman–Crippen LogP) is -0.700. The lowest BCUT2D eigenvalue weighted by molar-refractivity contribution is -0.121. The van der Waals surface area contributed by atoms with Crippen LogP contribution in [0, 0.1) is 0 Å². The molecule has 0 aliphatic heterocycles. The average molecular weight is 251 g/mol. The number of hydrogen-bond acceptors (Lipinski definition) is 4. The molecule has 1 amide bonds. The van der Waals surface area contributed by atoms with E-state index in [2.05, 4.69) is 5.32 Å². The third kappa shape index (κ3) is 11.4. The van der Waals surface area contributed by atoms with Gasteiger partial charge in [-0.25, -0.2) is 13.6 Å². The summed E-state index contributed by atoms with van der Waals surface area (Å²) in [5.74, 6) is -0.345. The summed E-state index contributed by atoms with van der Waals surface area (Å²) in [4.78, 5) is 11.2. The lowest BCUT2D eigenvalue weighted by Crippen LogP contribution is -2.31. The molecule has 7 heteroatoms. The van der Waals surface area contributed by atoms with E-state index in [4.69, 9.17) is 10.9 Å². The van der Waals surface area contributed by atoms with Crippen molar-refractivity contribution in [3.05, 3.63) is 0 Å². The number of primary sulfonamides is 1. The fourth-order valence-electron chi connectivity index (χ4n) is 1.20. The fraction of sp³-hybridized carbons (Fsp3) is 0.889. The molecule has 16 heavy (non-hydrogen) atoms. The van der Waals surface area contributed by atoms with Gasteiger partial charge < -0.3 is 11.1 Å². The van der Waals surface area contributed by atoms with Gasteiger partial charge in [0.25, 0.3) is 0 Å². The highest BCUT2D eigenvalue weighted by atomic mass is 32.2. The predicted molar refractivity (Wildman–Crippen MR) is 63.1 cm³/mol. The van der Waals surface area contributed by atoms with Gasteiger partial charge in [-0.15, -0.1) is 0 Å². The summed E-state index contributed by atoms with van der Waals surface area (Å²) in [5, 5.41) is 7.29. The van der Waals surface area contributed by atoms with E-state index in [0.717, 1.165) is 25.7 Å². The van der Waals surface area contributed by atoms with Crippen molar-refractivity contribution in [3.8, 4) is 0 Å². The highest BCUT2D eigenvalue weighted by molar-refractivity contribution is 7.89. The van der Waals surface area contributed by atoms with Gasteiger partial charge in [0, 0.05) is 13.0 Å². The highest BCUT2D eigenvalue weighted by Gasteiger charge is 2.04. The maximum Gasteiger partial charge on any atom is 0.220 e. The standard InChI is InChI=1S/C9H21N3O3S/c10-6-4-2-1-3-5-9(13)12-7-8-16(11,14)15/h1-8,10H2,(H,12,13)(H2,11,14,15). The normalized spacial score (nSPS) is 11.4. The van der Waals surface area contributed by atoms with Crippen molar-refractivity contribution in [1.29, 1.82) is 0 Å². The van der Waals surface area contributed by atoms with Crippen LogP contribution in [-0.2, 0) is 14.8 Å². The summed E-state index contributed by atoms with van der Waals surface area (Å²) < 4.78 is 21.1. The van der Waals surface area contributed by atoms with Gasteiger partial charge >= 0.3 is 0 Å². The van der Waals surface area contributed by atoms with Crippen molar-refractivity contribution in [2.75, 3.05) is 18.8 Å². The summed E-state index contributed by atoms with van der Waals surface area (Å²) in [7, 11) is -3.48. The molecule has 0 unspecified atom stereocenters. The summed E-state index contributed by atoms with van der Waals surface area (Å²) in [6.45, 7) is 0.765. The van der Waals surface area contributed by atoms with Crippen LogP contribution < -0.4 is 16.2 Å². The third-order valence-corrected chi connectivity index (χ3v) is 2.84. The van der Waals surface area contributed by atoms with Crippen molar-refractivity contribution in [3.63, 3.8) is 0 Å². The monoisotopic (exact) mass is 251 g/mol. The molecule has 0 saturated heterocycles. The molecule has 0 aromatic rings. The Kier molecular flexibility index (Phi) is 8.14. The van der Waals surface area contributed by atoms with Crippen molar-refractivity contribution >= 4 is 15.9 Å². The molecule has 0 rings (SSSR count). The fourth-order valence-corrected chi connectivity index (χ4v) is 1.59. The van der Waals surface area contributed by atoms with Gasteiger partial charge in [0.2, 0.25) is 15.9 Å². The topological polar surface area (TPSA) is 115 Å². The number of rotatable bonds is 9. The lowest BCUT2D eigenvalue weighted by atomic mass is 10.1. The molecule has 0 aromatic carbocycles.